The maximum absolute atomic E-state index is 13.0. The lowest BCUT2D eigenvalue weighted by molar-refractivity contribution is -0.120. The third-order valence-corrected chi connectivity index (χ3v) is 8.40. The molecular weight excluding hydrogens is 493 g/mol. The first-order chi connectivity index (χ1) is 16.3. The van der Waals surface area contributed by atoms with E-state index in [-0.39, 0.29) is 18.2 Å². The van der Waals surface area contributed by atoms with Gasteiger partial charge in [0, 0.05) is 46.8 Å². The lowest BCUT2D eigenvalue weighted by Crippen LogP contribution is -2.44. The predicted octanol–water partition coefficient (Wildman–Crippen LogP) is 5.16. The molecule has 0 bridgehead atoms. The molecule has 2 aromatic carbocycles. The van der Waals surface area contributed by atoms with Gasteiger partial charge in [0.25, 0.3) is 0 Å². The number of carbonyl (C=O) groups excluding carboxylic acids is 1. The van der Waals surface area contributed by atoms with Gasteiger partial charge >= 0.3 is 0 Å². The smallest absolute Gasteiger partial charge is 0.228 e. The van der Waals surface area contributed by atoms with Gasteiger partial charge in [-0.2, -0.15) is 0 Å². The molecule has 3 aromatic rings. The number of aromatic nitrogens is 1. The van der Waals surface area contributed by atoms with Crippen LogP contribution in [0.25, 0.3) is 0 Å². The third kappa shape index (κ3) is 6.16. The minimum absolute atomic E-state index is 0.135. The highest BCUT2D eigenvalue weighted by Crippen LogP contribution is 2.29. The van der Waals surface area contributed by atoms with E-state index in [1.807, 2.05) is 36.4 Å². The number of benzene rings is 2. The SMILES string of the molecule is O=C(Nc1ccc(Cc2ccncc2)cc1)[C@H]1CCCN(S(=O)(=O)Cc2c(Cl)cccc2Cl)C1. The minimum Gasteiger partial charge on any atom is -0.326 e. The van der Waals surface area contributed by atoms with E-state index in [4.69, 9.17) is 23.2 Å². The largest absolute Gasteiger partial charge is 0.326 e. The van der Waals surface area contributed by atoms with Crippen molar-refractivity contribution in [1.82, 2.24) is 9.29 Å². The van der Waals surface area contributed by atoms with Crippen LogP contribution in [0.15, 0.2) is 67.0 Å². The summed E-state index contributed by atoms with van der Waals surface area (Å²) < 4.78 is 27.5. The highest BCUT2D eigenvalue weighted by molar-refractivity contribution is 7.88. The number of nitrogens with one attached hydrogen (secondary N) is 1. The van der Waals surface area contributed by atoms with Gasteiger partial charge in [0.15, 0.2) is 0 Å². The summed E-state index contributed by atoms with van der Waals surface area (Å²) in [5, 5.41) is 3.56. The maximum Gasteiger partial charge on any atom is 0.228 e. The van der Waals surface area contributed by atoms with Crippen molar-refractivity contribution < 1.29 is 13.2 Å². The molecular formula is C25H25Cl2N3O3S. The Kier molecular flexibility index (Phi) is 7.88. The van der Waals surface area contributed by atoms with Gasteiger partial charge in [0.2, 0.25) is 15.9 Å². The van der Waals surface area contributed by atoms with Crippen LogP contribution in [-0.2, 0) is 27.0 Å². The fourth-order valence-corrected chi connectivity index (χ4v) is 6.40. The van der Waals surface area contributed by atoms with Gasteiger partial charge in [-0.25, -0.2) is 12.7 Å². The van der Waals surface area contributed by atoms with E-state index in [0.717, 1.165) is 17.5 Å². The Morgan fingerprint density at radius 1 is 1.00 bits per heavy atom. The zero-order valence-corrected chi connectivity index (χ0v) is 20.8. The Morgan fingerprint density at radius 3 is 2.32 bits per heavy atom. The van der Waals surface area contributed by atoms with Crippen LogP contribution in [0.3, 0.4) is 0 Å². The zero-order valence-electron chi connectivity index (χ0n) is 18.5. The van der Waals surface area contributed by atoms with Gasteiger partial charge in [-0.1, -0.05) is 41.4 Å². The summed E-state index contributed by atoms with van der Waals surface area (Å²) in [5.74, 6) is -0.905. The van der Waals surface area contributed by atoms with E-state index in [1.165, 1.54) is 4.31 Å². The van der Waals surface area contributed by atoms with E-state index < -0.39 is 15.9 Å². The highest BCUT2D eigenvalue weighted by atomic mass is 35.5. The second-order valence-electron chi connectivity index (χ2n) is 8.37. The topological polar surface area (TPSA) is 79.4 Å². The fourth-order valence-electron chi connectivity index (χ4n) is 4.04. The van der Waals surface area contributed by atoms with Crippen LogP contribution >= 0.6 is 23.2 Å². The summed E-state index contributed by atoms with van der Waals surface area (Å²) in [5.41, 5.74) is 3.35. The summed E-state index contributed by atoms with van der Waals surface area (Å²) in [7, 11) is -3.68. The van der Waals surface area contributed by atoms with Crippen molar-refractivity contribution >= 4 is 44.8 Å². The van der Waals surface area contributed by atoms with Crippen molar-refractivity contribution in [2.75, 3.05) is 18.4 Å². The molecule has 1 atom stereocenters. The standard InChI is InChI=1S/C25H25Cl2N3O3S/c26-23-4-1-5-24(27)22(23)17-34(32,33)30-14-2-3-20(16-30)25(31)29-21-8-6-18(7-9-21)15-19-10-12-28-13-11-19/h1,4-13,20H,2-3,14-17H2,(H,29,31)/t20-/m0/s1. The molecule has 4 rings (SSSR count). The fraction of sp³-hybridized carbons (Fsp3) is 0.280. The van der Waals surface area contributed by atoms with E-state index in [2.05, 4.69) is 10.3 Å². The molecule has 178 valence electrons. The number of hydrogen-bond acceptors (Lipinski definition) is 4. The first-order valence-electron chi connectivity index (χ1n) is 11.0. The second kappa shape index (κ2) is 10.9. The predicted molar refractivity (Wildman–Crippen MR) is 135 cm³/mol. The molecule has 0 radical (unpaired) electrons. The molecule has 0 unspecified atom stereocenters. The summed E-state index contributed by atoms with van der Waals surface area (Å²) in [6.45, 7) is 0.508. The summed E-state index contributed by atoms with van der Waals surface area (Å²) in [4.78, 5) is 16.9. The lowest BCUT2D eigenvalue weighted by atomic mass is 9.98. The molecule has 0 saturated carbocycles. The third-order valence-electron chi connectivity index (χ3n) is 5.92. The molecule has 2 heterocycles. The first-order valence-corrected chi connectivity index (χ1v) is 13.4. The van der Waals surface area contributed by atoms with Crippen LogP contribution in [0, 0.1) is 5.92 Å². The molecule has 1 aromatic heterocycles. The van der Waals surface area contributed by atoms with E-state index in [1.54, 1.807) is 30.6 Å². The van der Waals surface area contributed by atoms with Crippen LogP contribution in [0.4, 0.5) is 5.69 Å². The number of carbonyl (C=O) groups is 1. The van der Waals surface area contributed by atoms with E-state index in [9.17, 15) is 13.2 Å². The highest BCUT2D eigenvalue weighted by Gasteiger charge is 2.33. The molecule has 0 spiro atoms. The van der Waals surface area contributed by atoms with Gasteiger partial charge in [0.1, 0.15) is 0 Å². The van der Waals surface area contributed by atoms with Gasteiger partial charge in [-0.05, 0) is 66.8 Å². The van der Waals surface area contributed by atoms with Gasteiger partial charge in [-0.15, -0.1) is 0 Å². The molecule has 1 amide bonds. The van der Waals surface area contributed by atoms with Crippen LogP contribution in [0.5, 0.6) is 0 Å². The van der Waals surface area contributed by atoms with Gasteiger partial charge in [-0.3, -0.25) is 9.78 Å². The van der Waals surface area contributed by atoms with Crippen molar-refractivity contribution in [3.63, 3.8) is 0 Å². The van der Waals surface area contributed by atoms with E-state index in [0.29, 0.717) is 40.7 Å². The maximum atomic E-state index is 13.0. The van der Waals surface area contributed by atoms with Crippen molar-refractivity contribution in [3.05, 3.63) is 93.7 Å². The number of sulfonamides is 1. The average Bonchev–Trinajstić information content (AvgIpc) is 2.83. The number of pyridine rings is 1. The van der Waals surface area contributed by atoms with Crippen molar-refractivity contribution in [3.8, 4) is 0 Å². The minimum atomic E-state index is -3.68. The number of piperidine rings is 1. The summed E-state index contributed by atoms with van der Waals surface area (Å²) in [6.07, 6.45) is 5.55. The number of anilines is 1. The normalized spacial score (nSPS) is 16.8. The van der Waals surface area contributed by atoms with Crippen molar-refractivity contribution in [2.24, 2.45) is 5.92 Å². The molecule has 0 aliphatic carbocycles. The van der Waals surface area contributed by atoms with Crippen LogP contribution in [0.2, 0.25) is 10.0 Å². The number of halogens is 2. The van der Waals surface area contributed by atoms with Crippen molar-refractivity contribution in [2.45, 2.75) is 25.0 Å². The van der Waals surface area contributed by atoms with E-state index >= 15 is 0 Å². The molecule has 6 nitrogen and oxygen atoms in total. The van der Waals surface area contributed by atoms with Gasteiger partial charge in [0.05, 0.1) is 11.7 Å². The summed E-state index contributed by atoms with van der Waals surface area (Å²) >= 11 is 12.3. The molecule has 1 fully saturated rings. The zero-order chi connectivity index (χ0) is 24.1. The molecule has 34 heavy (non-hydrogen) atoms. The molecule has 9 heteroatoms. The Balaban J connectivity index is 1.37. The Bertz CT molecular complexity index is 1230. The Morgan fingerprint density at radius 2 is 1.65 bits per heavy atom. The average molecular weight is 518 g/mol. The number of nitrogens with zero attached hydrogens (tertiary/aromatic N) is 2. The van der Waals surface area contributed by atoms with Crippen LogP contribution < -0.4 is 5.32 Å². The Labute approximate surface area is 210 Å². The first kappa shape index (κ1) is 24.7. The van der Waals surface area contributed by atoms with Crippen LogP contribution in [-0.4, -0.2) is 36.7 Å². The van der Waals surface area contributed by atoms with Gasteiger partial charge < -0.3 is 5.32 Å². The number of hydrogen-bond donors (Lipinski definition) is 1. The lowest BCUT2D eigenvalue weighted by Gasteiger charge is -2.31. The number of amides is 1. The Hall–Kier alpha value is -2.45. The summed E-state index contributed by atoms with van der Waals surface area (Å²) in [6, 6.07) is 16.5. The molecule has 1 saturated heterocycles. The monoisotopic (exact) mass is 517 g/mol. The molecule has 1 aliphatic rings. The molecule has 1 N–H and O–H groups in total. The number of rotatable bonds is 7. The van der Waals surface area contributed by atoms with Crippen molar-refractivity contribution in [1.29, 1.82) is 0 Å². The quantitative estimate of drug-likeness (QED) is 0.469. The second-order valence-corrected chi connectivity index (χ2v) is 11.2. The van der Waals surface area contributed by atoms with Crippen LogP contribution in [0.1, 0.15) is 29.5 Å². The molecule has 1 aliphatic heterocycles.